The summed E-state index contributed by atoms with van der Waals surface area (Å²) < 4.78 is 6.21. The summed E-state index contributed by atoms with van der Waals surface area (Å²) in [6, 6.07) is 15.1. The summed E-state index contributed by atoms with van der Waals surface area (Å²) >= 11 is 2.17. The van der Waals surface area contributed by atoms with Gasteiger partial charge in [0.05, 0.1) is 0 Å². The second kappa shape index (κ2) is 12.3. The van der Waals surface area contributed by atoms with Crippen LogP contribution in [0.4, 0.5) is 4.79 Å². The number of halogens is 1. The van der Waals surface area contributed by atoms with Crippen LogP contribution in [0.25, 0.3) is 0 Å². The van der Waals surface area contributed by atoms with Crippen molar-refractivity contribution < 1.29 is 19.1 Å². The van der Waals surface area contributed by atoms with Gasteiger partial charge in [-0.1, -0.05) is 62.4 Å². The zero-order valence-corrected chi connectivity index (χ0v) is 19.8. The Balaban J connectivity index is 2.01. The van der Waals surface area contributed by atoms with Gasteiger partial charge < -0.3 is 21.1 Å². The lowest BCUT2D eigenvalue weighted by Gasteiger charge is -2.23. The summed E-state index contributed by atoms with van der Waals surface area (Å²) in [5.41, 5.74) is 7.28. The minimum absolute atomic E-state index is 0.0963. The molecule has 0 saturated carbocycles. The van der Waals surface area contributed by atoms with E-state index in [-0.39, 0.29) is 18.9 Å². The van der Waals surface area contributed by atoms with Crippen LogP contribution in [0.15, 0.2) is 54.6 Å². The molecule has 0 radical (unpaired) electrons. The summed E-state index contributed by atoms with van der Waals surface area (Å²) in [5.74, 6) is -0.977. The quantitative estimate of drug-likeness (QED) is 0.405. The number of hydrogen-bond acceptors (Lipinski definition) is 4. The standard InChI is InChI=1S/C23H28IN3O4/c1-15(2)12-20(27-23(30)31-14-16-8-4-3-5-9-16)22(29)26-19(21(25)28)13-17-10-6-7-11-18(17)24/h3-11,15,19-20H,12-14H2,1-2H3,(H2,25,28)(H,26,29)(H,27,30)/t19-,20+/m1/s1. The van der Waals surface area contributed by atoms with E-state index in [2.05, 4.69) is 33.2 Å². The van der Waals surface area contributed by atoms with Crippen LogP contribution in [0.3, 0.4) is 0 Å². The number of rotatable bonds is 10. The van der Waals surface area contributed by atoms with Crippen LogP contribution in [0.2, 0.25) is 0 Å². The molecule has 2 aromatic carbocycles. The summed E-state index contributed by atoms with van der Waals surface area (Å²) in [6.45, 7) is 3.98. The molecule has 0 aliphatic rings. The lowest BCUT2D eigenvalue weighted by atomic mass is 10.0. The second-order valence-electron chi connectivity index (χ2n) is 7.65. The van der Waals surface area contributed by atoms with Gasteiger partial charge in [0.1, 0.15) is 18.7 Å². The molecule has 0 saturated heterocycles. The summed E-state index contributed by atoms with van der Waals surface area (Å²) in [5, 5.41) is 5.30. The van der Waals surface area contributed by atoms with Crippen molar-refractivity contribution >= 4 is 40.5 Å². The van der Waals surface area contributed by atoms with E-state index in [0.717, 1.165) is 14.7 Å². The molecule has 0 aliphatic heterocycles. The Morgan fingerprint density at radius 1 is 0.968 bits per heavy atom. The number of benzene rings is 2. The predicted octanol–water partition coefficient (Wildman–Crippen LogP) is 3.14. The molecule has 7 nitrogen and oxygen atoms in total. The molecular formula is C23H28IN3O4. The molecule has 2 rings (SSSR count). The van der Waals surface area contributed by atoms with Crippen molar-refractivity contribution in [1.82, 2.24) is 10.6 Å². The molecule has 166 valence electrons. The fraction of sp³-hybridized carbons (Fsp3) is 0.348. The van der Waals surface area contributed by atoms with E-state index in [1.165, 1.54) is 0 Å². The van der Waals surface area contributed by atoms with E-state index < -0.39 is 30.0 Å². The second-order valence-corrected chi connectivity index (χ2v) is 8.81. The van der Waals surface area contributed by atoms with Gasteiger partial charge in [0.15, 0.2) is 0 Å². The fourth-order valence-corrected chi connectivity index (χ4v) is 3.60. The molecule has 0 aliphatic carbocycles. The Kier molecular flexibility index (Phi) is 9.77. The number of ether oxygens (including phenoxy) is 1. The largest absolute Gasteiger partial charge is 0.445 e. The first-order valence-electron chi connectivity index (χ1n) is 10.1. The summed E-state index contributed by atoms with van der Waals surface area (Å²) in [4.78, 5) is 37.1. The molecule has 0 fully saturated rings. The van der Waals surface area contributed by atoms with E-state index in [1.54, 1.807) is 0 Å². The van der Waals surface area contributed by atoms with Crippen LogP contribution in [-0.2, 0) is 27.4 Å². The molecular weight excluding hydrogens is 509 g/mol. The number of carbonyl (C=O) groups is 3. The Labute approximate surface area is 196 Å². The molecule has 0 aromatic heterocycles. The maximum atomic E-state index is 12.9. The first-order chi connectivity index (χ1) is 14.8. The molecule has 31 heavy (non-hydrogen) atoms. The highest BCUT2D eigenvalue weighted by molar-refractivity contribution is 14.1. The van der Waals surface area contributed by atoms with Crippen molar-refractivity contribution in [3.05, 3.63) is 69.3 Å². The van der Waals surface area contributed by atoms with Crippen LogP contribution in [-0.4, -0.2) is 30.0 Å². The van der Waals surface area contributed by atoms with Crippen molar-refractivity contribution in [1.29, 1.82) is 0 Å². The molecule has 0 unspecified atom stereocenters. The Morgan fingerprint density at radius 2 is 1.61 bits per heavy atom. The first kappa shape index (κ1) is 24.6. The van der Waals surface area contributed by atoms with E-state index in [4.69, 9.17) is 10.5 Å². The van der Waals surface area contributed by atoms with Crippen molar-refractivity contribution in [2.75, 3.05) is 0 Å². The van der Waals surface area contributed by atoms with Gasteiger partial charge in [0, 0.05) is 9.99 Å². The predicted molar refractivity (Wildman–Crippen MR) is 127 cm³/mol. The number of primary amides is 1. The number of nitrogens with two attached hydrogens (primary N) is 1. The van der Waals surface area contributed by atoms with E-state index in [9.17, 15) is 14.4 Å². The third kappa shape index (κ3) is 8.56. The van der Waals surface area contributed by atoms with Crippen LogP contribution >= 0.6 is 22.6 Å². The highest BCUT2D eigenvalue weighted by Gasteiger charge is 2.27. The third-order valence-electron chi connectivity index (χ3n) is 4.57. The molecule has 8 heteroatoms. The smallest absolute Gasteiger partial charge is 0.408 e. The van der Waals surface area contributed by atoms with Gasteiger partial charge in [0.25, 0.3) is 0 Å². The van der Waals surface area contributed by atoms with Crippen molar-refractivity contribution in [2.45, 2.75) is 45.4 Å². The van der Waals surface area contributed by atoms with Crippen LogP contribution in [0.5, 0.6) is 0 Å². The van der Waals surface area contributed by atoms with Crippen molar-refractivity contribution in [3.8, 4) is 0 Å². The number of amides is 3. The lowest BCUT2D eigenvalue weighted by molar-refractivity contribution is -0.128. The molecule has 2 atom stereocenters. The molecule has 4 N–H and O–H groups in total. The van der Waals surface area contributed by atoms with E-state index in [1.807, 2.05) is 68.4 Å². The SMILES string of the molecule is CC(C)C[C@H](NC(=O)OCc1ccccc1)C(=O)N[C@H](Cc1ccccc1I)C(N)=O. The molecule has 0 heterocycles. The average molecular weight is 537 g/mol. The number of nitrogens with one attached hydrogen (secondary N) is 2. The van der Waals surface area contributed by atoms with Gasteiger partial charge >= 0.3 is 6.09 Å². The van der Waals surface area contributed by atoms with Crippen molar-refractivity contribution in [3.63, 3.8) is 0 Å². The lowest BCUT2D eigenvalue weighted by Crippen LogP contribution is -2.54. The zero-order valence-electron chi connectivity index (χ0n) is 17.6. The highest BCUT2D eigenvalue weighted by atomic mass is 127. The molecule has 2 aromatic rings. The summed E-state index contributed by atoms with van der Waals surface area (Å²) in [6.07, 6.45) is -0.0360. The highest BCUT2D eigenvalue weighted by Crippen LogP contribution is 2.14. The van der Waals surface area contributed by atoms with E-state index >= 15 is 0 Å². The van der Waals surface area contributed by atoms with E-state index in [0.29, 0.717) is 6.42 Å². The fourth-order valence-electron chi connectivity index (χ4n) is 2.99. The normalized spacial score (nSPS) is 12.6. The van der Waals surface area contributed by atoms with Crippen LogP contribution in [0, 0.1) is 9.49 Å². The minimum atomic E-state index is -0.889. The van der Waals surface area contributed by atoms with Crippen LogP contribution in [0.1, 0.15) is 31.4 Å². The van der Waals surface area contributed by atoms with Crippen molar-refractivity contribution in [2.24, 2.45) is 11.7 Å². The minimum Gasteiger partial charge on any atom is -0.445 e. The van der Waals surface area contributed by atoms with Gasteiger partial charge in [-0.05, 0) is 52.1 Å². The monoisotopic (exact) mass is 537 g/mol. The Bertz CT molecular complexity index is 889. The van der Waals surface area contributed by atoms with Gasteiger partial charge in [-0.2, -0.15) is 0 Å². The van der Waals surface area contributed by atoms with Gasteiger partial charge in [-0.15, -0.1) is 0 Å². The number of alkyl carbamates (subject to hydrolysis) is 1. The van der Waals surface area contributed by atoms with Gasteiger partial charge in [-0.3, -0.25) is 9.59 Å². The zero-order chi connectivity index (χ0) is 22.8. The Hall–Kier alpha value is -2.62. The van der Waals surface area contributed by atoms with Gasteiger partial charge in [0.2, 0.25) is 11.8 Å². The average Bonchev–Trinajstić information content (AvgIpc) is 2.73. The topological polar surface area (TPSA) is 111 Å². The molecule has 3 amide bonds. The third-order valence-corrected chi connectivity index (χ3v) is 5.62. The molecule has 0 spiro atoms. The van der Waals surface area contributed by atoms with Crippen LogP contribution < -0.4 is 16.4 Å². The Morgan fingerprint density at radius 3 is 2.23 bits per heavy atom. The maximum Gasteiger partial charge on any atom is 0.408 e. The van der Waals surface area contributed by atoms with Gasteiger partial charge in [-0.25, -0.2) is 4.79 Å². The number of carbonyl (C=O) groups excluding carboxylic acids is 3. The molecule has 0 bridgehead atoms. The maximum absolute atomic E-state index is 12.9. The summed E-state index contributed by atoms with van der Waals surface area (Å²) in [7, 11) is 0. The number of hydrogen-bond donors (Lipinski definition) is 3. The first-order valence-corrected chi connectivity index (χ1v) is 11.1.